The lowest BCUT2D eigenvalue weighted by atomic mass is 10.2. The normalized spacial score (nSPS) is 17.9. The molecule has 3 rings (SSSR count). The lowest BCUT2D eigenvalue weighted by Gasteiger charge is -2.23. The maximum atomic E-state index is 12.6. The number of nitrogens with zero attached hydrogens (tertiary/aromatic N) is 4. The molecule has 3 heterocycles. The van der Waals surface area contributed by atoms with Crippen molar-refractivity contribution in [2.75, 3.05) is 6.54 Å². The van der Waals surface area contributed by atoms with Crippen LogP contribution < -0.4 is 0 Å². The summed E-state index contributed by atoms with van der Waals surface area (Å²) < 4.78 is 1.99. The molecule has 1 saturated heterocycles. The third-order valence-electron chi connectivity index (χ3n) is 4.48. The molecule has 23 heavy (non-hydrogen) atoms. The van der Waals surface area contributed by atoms with Crippen LogP contribution in [0.25, 0.3) is 0 Å². The van der Waals surface area contributed by atoms with Gasteiger partial charge in [0.2, 0.25) is 5.91 Å². The van der Waals surface area contributed by atoms with Gasteiger partial charge in [0.05, 0.1) is 11.7 Å². The van der Waals surface area contributed by atoms with Crippen molar-refractivity contribution in [3.8, 4) is 0 Å². The number of carbonyl (C=O) groups is 1. The van der Waals surface area contributed by atoms with E-state index in [1.165, 1.54) is 0 Å². The average molecular weight is 315 g/mol. The molecule has 0 spiro atoms. The van der Waals surface area contributed by atoms with Gasteiger partial charge in [-0.05, 0) is 46.1 Å². The molecule has 1 atom stereocenters. The highest BCUT2D eigenvalue weighted by molar-refractivity contribution is 5.76. The molecular weight excluding hydrogens is 290 g/mol. The summed E-state index contributed by atoms with van der Waals surface area (Å²) in [6.07, 6.45) is 5.26. The third kappa shape index (κ3) is 3.46. The Morgan fingerprint density at radius 3 is 2.87 bits per heavy atom. The van der Waals surface area contributed by atoms with E-state index >= 15 is 0 Å². The summed E-state index contributed by atoms with van der Waals surface area (Å²) in [5.41, 5.74) is 3.23. The zero-order valence-electron chi connectivity index (χ0n) is 14.2. The van der Waals surface area contributed by atoms with E-state index in [1.54, 1.807) is 0 Å². The summed E-state index contributed by atoms with van der Waals surface area (Å²) in [6.45, 7) is 7.67. The Balaban J connectivity index is 1.56. The molecular formula is C17H25N5O. The molecule has 0 aliphatic carbocycles. The predicted octanol–water partition coefficient (Wildman–Crippen LogP) is 2.68. The van der Waals surface area contributed by atoms with Gasteiger partial charge in [0, 0.05) is 37.1 Å². The standard InChI is InChI=1S/C17H25N5O/c1-12-10-14(3)22(20-12)9-5-7-16(23)21-8-4-6-15(21)17-18-11-13(2)19-17/h10-11,15H,4-9H2,1-3H3,(H,18,19)/t15-/m1/s1. The van der Waals surface area contributed by atoms with Gasteiger partial charge in [0.15, 0.2) is 0 Å². The Kier molecular flexibility index (Phi) is 4.50. The van der Waals surface area contributed by atoms with Crippen LogP contribution in [0.5, 0.6) is 0 Å². The fraction of sp³-hybridized carbons (Fsp3) is 0.588. The number of amides is 1. The van der Waals surface area contributed by atoms with Crippen LogP contribution in [-0.4, -0.2) is 37.1 Å². The van der Waals surface area contributed by atoms with E-state index in [-0.39, 0.29) is 11.9 Å². The third-order valence-corrected chi connectivity index (χ3v) is 4.48. The average Bonchev–Trinajstić information content (AvgIpc) is 3.19. The molecule has 0 bridgehead atoms. The largest absolute Gasteiger partial charge is 0.344 e. The molecule has 0 unspecified atom stereocenters. The van der Waals surface area contributed by atoms with E-state index in [0.717, 1.165) is 55.3 Å². The highest BCUT2D eigenvalue weighted by Crippen LogP contribution is 2.30. The minimum atomic E-state index is 0.116. The van der Waals surface area contributed by atoms with E-state index in [0.29, 0.717) is 6.42 Å². The molecule has 124 valence electrons. The predicted molar refractivity (Wildman–Crippen MR) is 87.9 cm³/mol. The smallest absolute Gasteiger partial charge is 0.223 e. The molecule has 1 aliphatic rings. The second kappa shape index (κ2) is 6.56. The monoisotopic (exact) mass is 315 g/mol. The van der Waals surface area contributed by atoms with Crippen molar-refractivity contribution in [3.63, 3.8) is 0 Å². The van der Waals surface area contributed by atoms with Gasteiger partial charge in [0.1, 0.15) is 5.82 Å². The topological polar surface area (TPSA) is 66.8 Å². The summed E-state index contributed by atoms with van der Waals surface area (Å²) in [5.74, 6) is 1.15. The van der Waals surface area contributed by atoms with E-state index in [1.807, 2.05) is 29.6 Å². The number of nitrogens with one attached hydrogen (secondary N) is 1. The molecule has 1 N–H and O–H groups in total. The van der Waals surface area contributed by atoms with Crippen LogP contribution in [0, 0.1) is 20.8 Å². The second-order valence-corrected chi connectivity index (χ2v) is 6.45. The van der Waals surface area contributed by atoms with Crippen LogP contribution >= 0.6 is 0 Å². The Morgan fingerprint density at radius 2 is 2.22 bits per heavy atom. The van der Waals surface area contributed by atoms with Gasteiger partial charge in [-0.3, -0.25) is 9.48 Å². The number of aromatic nitrogens is 4. The van der Waals surface area contributed by atoms with Gasteiger partial charge >= 0.3 is 0 Å². The summed E-state index contributed by atoms with van der Waals surface area (Å²) >= 11 is 0. The first-order valence-corrected chi connectivity index (χ1v) is 8.36. The van der Waals surface area contributed by atoms with Gasteiger partial charge in [-0.2, -0.15) is 5.10 Å². The lowest BCUT2D eigenvalue weighted by molar-refractivity contribution is -0.132. The molecule has 0 saturated carbocycles. The minimum absolute atomic E-state index is 0.116. The number of aryl methyl sites for hydroxylation is 4. The number of hydrogen-bond acceptors (Lipinski definition) is 3. The van der Waals surface area contributed by atoms with Gasteiger partial charge in [-0.15, -0.1) is 0 Å². The molecule has 1 fully saturated rings. The van der Waals surface area contributed by atoms with Gasteiger partial charge in [-0.25, -0.2) is 4.98 Å². The number of carbonyl (C=O) groups excluding carboxylic acids is 1. The molecule has 6 heteroatoms. The van der Waals surface area contributed by atoms with Crippen LogP contribution in [0.1, 0.15) is 54.6 Å². The number of aromatic amines is 1. The van der Waals surface area contributed by atoms with Gasteiger partial charge in [0.25, 0.3) is 0 Å². The molecule has 1 amide bonds. The summed E-state index contributed by atoms with van der Waals surface area (Å²) in [6, 6.07) is 2.18. The van der Waals surface area contributed by atoms with Crippen LogP contribution in [0.3, 0.4) is 0 Å². The van der Waals surface area contributed by atoms with Crippen LogP contribution in [0.4, 0.5) is 0 Å². The first-order chi connectivity index (χ1) is 11.0. The van der Waals surface area contributed by atoms with Crippen molar-refractivity contribution < 1.29 is 4.79 Å². The summed E-state index contributed by atoms with van der Waals surface area (Å²) in [4.78, 5) is 22.2. The van der Waals surface area contributed by atoms with Crippen molar-refractivity contribution in [2.24, 2.45) is 0 Å². The Morgan fingerprint density at radius 1 is 1.39 bits per heavy atom. The molecule has 1 aliphatic heterocycles. The van der Waals surface area contributed by atoms with Crippen LogP contribution in [0.15, 0.2) is 12.3 Å². The minimum Gasteiger partial charge on any atom is -0.344 e. The van der Waals surface area contributed by atoms with Crippen molar-refractivity contribution in [1.82, 2.24) is 24.6 Å². The number of imidazole rings is 1. The van der Waals surface area contributed by atoms with E-state index < -0.39 is 0 Å². The maximum absolute atomic E-state index is 12.6. The zero-order valence-corrected chi connectivity index (χ0v) is 14.2. The van der Waals surface area contributed by atoms with E-state index in [2.05, 4.69) is 28.1 Å². The number of likely N-dealkylation sites (tertiary alicyclic amines) is 1. The number of H-pyrrole nitrogens is 1. The number of rotatable bonds is 5. The highest BCUT2D eigenvalue weighted by Gasteiger charge is 2.31. The van der Waals surface area contributed by atoms with Crippen molar-refractivity contribution in [2.45, 2.75) is 59.0 Å². The van der Waals surface area contributed by atoms with E-state index in [4.69, 9.17) is 0 Å². The Bertz CT molecular complexity index is 687. The Labute approximate surface area is 136 Å². The molecule has 0 aromatic carbocycles. The van der Waals surface area contributed by atoms with Gasteiger partial charge in [-0.1, -0.05) is 0 Å². The van der Waals surface area contributed by atoms with Crippen molar-refractivity contribution >= 4 is 5.91 Å². The highest BCUT2D eigenvalue weighted by atomic mass is 16.2. The molecule has 2 aromatic heterocycles. The summed E-state index contributed by atoms with van der Waals surface area (Å²) in [7, 11) is 0. The maximum Gasteiger partial charge on any atom is 0.223 e. The van der Waals surface area contributed by atoms with Gasteiger partial charge < -0.3 is 9.88 Å². The van der Waals surface area contributed by atoms with Crippen LogP contribution in [0.2, 0.25) is 0 Å². The fourth-order valence-corrected chi connectivity index (χ4v) is 3.38. The first-order valence-electron chi connectivity index (χ1n) is 8.36. The fourth-order valence-electron chi connectivity index (χ4n) is 3.38. The quantitative estimate of drug-likeness (QED) is 0.922. The van der Waals surface area contributed by atoms with Crippen LogP contribution in [-0.2, 0) is 11.3 Å². The summed E-state index contributed by atoms with van der Waals surface area (Å²) in [5, 5.41) is 4.45. The molecule has 2 aromatic rings. The van der Waals surface area contributed by atoms with Crippen molar-refractivity contribution in [3.05, 3.63) is 35.2 Å². The molecule has 6 nitrogen and oxygen atoms in total. The lowest BCUT2D eigenvalue weighted by Crippen LogP contribution is -2.31. The first kappa shape index (κ1) is 15.8. The van der Waals surface area contributed by atoms with Crippen molar-refractivity contribution in [1.29, 1.82) is 0 Å². The molecule has 0 radical (unpaired) electrons. The zero-order chi connectivity index (χ0) is 16.4. The Hall–Kier alpha value is -2.11. The second-order valence-electron chi connectivity index (χ2n) is 6.45. The SMILES string of the molecule is Cc1cc(C)n(CCCC(=O)N2CCC[C@@H]2c2ncc(C)[nH]2)n1. The van der Waals surface area contributed by atoms with E-state index in [9.17, 15) is 4.79 Å². The number of hydrogen-bond donors (Lipinski definition) is 1.